The molecule has 0 bridgehead atoms. The van der Waals surface area contributed by atoms with E-state index in [0.29, 0.717) is 12.8 Å². The fourth-order valence-corrected chi connectivity index (χ4v) is 1.69. The highest BCUT2D eigenvalue weighted by atomic mass is 16.4. The lowest BCUT2D eigenvalue weighted by Crippen LogP contribution is -2.32. The lowest BCUT2D eigenvalue weighted by atomic mass is 10.2. The molecule has 0 aromatic carbocycles. The van der Waals surface area contributed by atoms with Gasteiger partial charge in [0.25, 0.3) is 0 Å². The van der Waals surface area contributed by atoms with Crippen LogP contribution < -0.4 is 10.6 Å². The van der Waals surface area contributed by atoms with Crippen LogP contribution in [0.2, 0.25) is 0 Å². The molecule has 96 valence electrons. The van der Waals surface area contributed by atoms with Crippen LogP contribution in [0.1, 0.15) is 25.7 Å². The Hall–Kier alpha value is -1.63. The van der Waals surface area contributed by atoms with Crippen molar-refractivity contribution in [3.05, 3.63) is 0 Å². The van der Waals surface area contributed by atoms with E-state index in [2.05, 4.69) is 10.6 Å². The summed E-state index contributed by atoms with van der Waals surface area (Å²) in [6.45, 7) is 0.858. The van der Waals surface area contributed by atoms with Gasteiger partial charge in [0.2, 0.25) is 5.91 Å². The minimum Gasteiger partial charge on any atom is -0.480 e. The number of amides is 1. The van der Waals surface area contributed by atoms with Gasteiger partial charge in [0.05, 0.1) is 0 Å². The highest BCUT2D eigenvalue weighted by Crippen LogP contribution is 2.05. The number of carbonyl (C=O) groups is 3. The van der Waals surface area contributed by atoms with Gasteiger partial charge in [0, 0.05) is 6.42 Å². The smallest absolute Gasteiger partial charge is 0.326 e. The monoisotopic (exact) mass is 244 g/mol. The van der Waals surface area contributed by atoms with Gasteiger partial charge in [0.1, 0.15) is 12.1 Å². The summed E-state index contributed by atoms with van der Waals surface area (Å²) in [4.78, 5) is 30.7. The molecule has 0 aromatic rings. The molecule has 2 aliphatic heterocycles. The van der Waals surface area contributed by atoms with Gasteiger partial charge in [-0.2, -0.15) is 0 Å². The van der Waals surface area contributed by atoms with Crippen molar-refractivity contribution in [3.63, 3.8) is 0 Å². The number of rotatable bonds is 2. The number of hydrogen-bond acceptors (Lipinski definition) is 4. The second-order valence-electron chi connectivity index (χ2n) is 3.98. The molecule has 0 saturated carbocycles. The topological polar surface area (TPSA) is 116 Å². The maximum Gasteiger partial charge on any atom is 0.326 e. The van der Waals surface area contributed by atoms with Gasteiger partial charge in [-0.05, 0) is 25.8 Å². The summed E-state index contributed by atoms with van der Waals surface area (Å²) >= 11 is 0. The zero-order valence-corrected chi connectivity index (χ0v) is 9.31. The second-order valence-corrected chi connectivity index (χ2v) is 3.98. The van der Waals surface area contributed by atoms with Crippen molar-refractivity contribution < 1.29 is 24.6 Å². The van der Waals surface area contributed by atoms with E-state index in [1.807, 2.05) is 0 Å². The summed E-state index contributed by atoms with van der Waals surface area (Å²) in [5, 5.41) is 21.8. The molecule has 0 radical (unpaired) electrons. The lowest BCUT2D eigenvalue weighted by Gasteiger charge is -1.99. The Morgan fingerprint density at radius 3 is 2.00 bits per heavy atom. The highest BCUT2D eigenvalue weighted by molar-refractivity contribution is 5.87. The summed E-state index contributed by atoms with van der Waals surface area (Å²) in [6, 6.07) is -0.910. The number of carbonyl (C=O) groups excluding carboxylic acids is 1. The molecule has 2 rings (SSSR count). The summed E-state index contributed by atoms with van der Waals surface area (Å²) in [5.41, 5.74) is 0. The van der Waals surface area contributed by atoms with E-state index < -0.39 is 18.0 Å². The second kappa shape index (κ2) is 6.19. The predicted octanol–water partition coefficient (Wildman–Crippen LogP) is -0.827. The fraction of sp³-hybridized carbons (Fsp3) is 0.700. The predicted molar refractivity (Wildman–Crippen MR) is 57.5 cm³/mol. The maximum absolute atomic E-state index is 10.4. The summed E-state index contributed by atoms with van der Waals surface area (Å²) in [5.74, 6) is -1.83. The van der Waals surface area contributed by atoms with Crippen LogP contribution in [0.3, 0.4) is 0 Å². The van der Waals surface area contributed by atoms with Crippen molar-refractivity contribution in [2.75, 3.05) is 6.54 Å². The third-order valence-electron chi connectivity index (χ3n) is 2.65. The van der Waals surface area contributed by atoms with Crippen LogP contribution in [0, 0.1) is 0 Å². The molecule has 2 atom stereocenters. The van der Waals surface area contributed by atoms with Gasteiger partial charge in [0.15, 0.2) is 0 Å². The van der Waals surface area contributed by atoms with Gasteiger partial charge >= 0.3 is 11.9 Å². The molecule has 0 aliphatic carbocycles. The standard InChI is InChI=1S/C5H7NO3.C5H9NO2/c7-4-2-1-3(6-4)5(8)9;7-5(8)4-2-1-3-6-4/h3H,1-2H2,(H,6,7)(H,8,9);4,6H,1-3H2,(H,7,8)/t3-;/m0./s1. The fourth-order valence-electron chi connectivity index (χ4n) is 1.69. The highest BCUT2D eigenvalue weighted by Gasteiger charge is 2.26. The minimum atomic E-state index is -0.944. The minimum absolute atomic E-state index is 0.164. The van der Waals surface area contributed by atoms with E-state index in [0.717, 1.165) is 19.4 Å². The molecule has 7 heteroatoms. The van der Waals surface area contributed by atoms with Gasteiger partial charge < -0.3 is 20.8 Å². The Labute approximate surface area is 98.2 Å². The van der Waals surface area contributed by atoms with Crippen molar-refractivity contribution in [1.29, 1.82) is 0 Å². The summed E-state index contributed by atoms with van der Waals surface area (Å²) in [6.07, 6.45) is 2.55. The quantitative estimate of drug-likeness (QED) is 0.504. The number of carboxylic acid groups (broad SMARTS) is 2. The Bertz CT molecular complexity index is 312. The number of nitrogens with one attached hydrogen (secondary N) is 2. The van der Waals surface area contributed by atoms with E-state index in [-0.39, 0.29) is 11.9 Å². The van der Waals surface area contributed by atoms with Crippen LogP contribution >= 0.6 is 0 Å². The molecule has 2 aliphatic rings. The van der Waals surface area contributed by atoms with Gasteiger partial charge in [-0.3, -0.25) is 9.59 Å². The molecule has 2 saturated heterocycles. The van der Waals surface area contributed by atoms with E-state index in [1.54, 1.807) is 0 Å². The molecule has 2 fully saturated rings. The SMILES string of the molecule is O=C(O)C1CCCN1.O=C1CC[C@@H](C(=O)O)N1. The van der Waals surface area contributed by atoms with Crippen LogP contribution in [-0.4, -0.2) is 46.7 Å². The molecular weight excluding hydrogens is 228 g/mol. The van der Waals surface area contributed by atoms with E-state index in [1.165, 1.54) is 0 Å². The third-order valence-corrected chi connectivity index (χ3v) is 2.65. The van der Waals surface area contributed by atoms with Gasteiger partial charge in [-0.1, -0.05) is 0 Å². The van der Waals surface area contributed by atoms with E-state index in [9.17, 15) is 14.4 Å². The average molecular weight is 244 g/mol. The van der Waals surface area contributed by atoms with Crippen LogP contribution in [0.5, 0.6) is 0 Å². The van der Waals surface area contributed by atoms with Crippen LogP contribution in [0.25, 0.3) is 0 Å². The first-order valence-electron chi connectivity index (χ1n) is 5.49. The largest absolute Gasteiger partial charge is 0.480 e. The maximum atomic E-state index is 10.4. The van der Waals surface area contributed by atoms with Gasteiger partial charge in [-0.25, -0.2) is 4.79 Å². The molecule has 1 amide bonds. The Morgan fingerprint density at radius 2 is 1.76 bits per heavy atom. The van der Waals surface area contributed by atoms with Crippen LogP contribution in [0.4, 0.5) is 0 Å². The molecule has 1 unspecified atom stereocenters. The van der Waals surface area contributed by atoms with E-state index in [4.69, 9.17) is 10.2 Å². The first-order chi connectivity index (χ1) is 8.00. The van der Waals surface area contributed by atoms with Crippen molar-refractivity contribution in [1.82, 2.24) is 10.6 Å². The van der Waals surface area contributed by atoms with Crippen molar-refractivity contribution >= 4 is 17.8 Å². The number of hydrogen-bond donors (Lipinski definition) is 4. The summed E-state index contributed by atoms with van der Waals surface area (Å²) in [7, 11) is 0. The Morgan fingerprint density at radius 1 is 1.12 bits per heavy atom. The normalized spacial score (nSPS) is 26.9. The van der Waals surface area contributed by atoms with Crippen molar-refractivity contribution in [3.8, 4) is 0 Å². The lowest BCUT2D eigenvalue weighted by molar-refractivity contribution is -0.140. The molecule has 0 aromatic heterocycles. The molecule has 4 N–H and O–H groups in total. The zero-order chi connectivity index (χ0) is 12.8. The zero-order valence-electron chi connectivity index (χ0n) is 9.31. The molecule has 0 spiro atoms. The first-order valence-corrected chi connectivity index (χ1v) is 5.49. The van der Waals surface area contributed by atoms with Crippen molar-refractivity contribution in [2.24, 2.45) is 0 Å². The van der Waals surface area contributed by atoms with Crippen LogP contribution in [-0.2, 0) is 14.4 Å². The average Bonchev–Trinajstić information content (AvgIpc) is 2.87. The number of carboxylic acids is 2. The Balaban J connectivity index is 0.000000171. The molecule has 17 heavy (non-hydrogen) atoms. The molecular formula is C10H16N2O5. The Kier molecular flexibility index (Phi) is 4.89. The first kappa shape index (κ1) is 13.4. The number of aliphatic carboxylic acids is 2. The molecule has 7 nitrogen and oxygen atoms in total. The van der Waals surface area contributed by atoms with Crippen LogP contribution in [0.15, 0.2) is 0 Å². The molecule has 2 heterocycles. The third kappa shape index (κ3) is 4.39. The summed E-state index contributed by atoms with van der Waals surface area (Å²) < 4.78 is 0. The van der Waals surface area contributed by atoms with E-state index >= 15 is 0 Å². The van der Waals surface area contributed by atoms with Crippen molar-refractivity contribution in [2.45, 2.75) is 37.8 Å². The van der Waals surface area contributed by atoms with Gasteiger partial charge in [-0.15, -0.1) is 0 Å².